The van der Waals surface area contributed by atoms with Gasteiger partial charge in [0, 0.05) is 23.8 Å². The molecule has 8 heteroatoms. The van der Waals surface area contributed by atoms with Crippen molar-refractivity contribution >= 4 is 5.69 Å². The molecule has 0 radical (unpaired) electrons. The second kappa shape index (κ2) is 5.32. The second-order valence-electron chi connectivity index (χ2n) is 4.34. The molecular weight excluding hydrogens is 296 g/mol. The van der Waals surface area contributed by atoms with Crippen molar-refractivity contribution < 1.29 is 18.1 Å². The van der Waals surface area contributed by atoms with Gasteiger partial charge in [0.2, 0.25) is 5.89 Å². The van der Waals surface area contributed by atoms with Gasteiger partial charge in [-0.2, -0.15) is 0 Å². The number of nitro groups is 1. The van der Waals surface area contributed by atoms with Crippen molar-refractivity contribution in [3.05, 3.63) is 64.2 Å². The summed E-state index contributed by atoms with van der Waals surface area (Å²) in [4.78, 5) is 10.1. The summed E-state index contributed by atoms with van der Waals surface area (Å²) in [5.41, 5.74) is 0.349. The zero-order valence-corrected chi connectivity index (χ0v) is 10.9. The first-order valence-electron chi connectivity index (χ1n) is 6.08. The maximum absolute atomic E-state index is 13.6. The lowest BCUT2D eigenvalue weighted by atomic mass is 10.2. The molecule has 3 aromatic rings. The summed E-state index contributed by atoms with van der Waals surface area (Å²) in [5.74, 6) is -1.56. The summed E-state index contributed by atoms with van der Waals surface area (Å²) < 4.78 is 31.8. The highest BCUT2D eigenvalue weighted by Crippen LogP contribution is 2.27. The third-order valence-electron chi connectivity index (χ3n) is 2.91. The van der Waals surface area contributed by atoms with Crippen LogP contribution in [0.1, 0.15) is 0 Å². The number of aromatic nitrogens is 2. The first kappa shape index (κ1) is 13.8. The number of nitro benzene ring substituents is 1. The maximum Gasteiger partial charge on any atom is 0.269 e. The second-order valence-corrected chi connectivity index (χ2v) is 4.34. The van der Waals surface area contributed by atoms with Crippen LogP contribution in [0.5, 0.6) is 0 Å². The Bertz CT molecular complexity index is 847. The molecule has 0 fully saturated rings. The average Bonchev–Trinajstić information content (AvgIpc) is 2.97. The molecule has 0 N–H and O–H groups in total. The van der Waals surface area contributed by atoms with Gasteiger partial charge >= 0.3 is 0 Å². The molecule has 0 saturated heterocycles. The molecule has 0 unspecified atom stereocenters. The van der Waals surface area contributed by atoms with Crippen LogP contribution in [0.2, 0.25) is 0 Å². The summed E-state index contributed by atoms with van der Waals surface area (Å²) in [7, 11) is 0. The molecule has 0 spiro atoms. The Morgan fingerprint density at radius 3 is 2.32 bits per heavy atom. The molecule has 0 aliphatic rings. The van der Waals surface area contributed by atoms with Crippen LogP contribution < -0.4 is 0 Å². The molecule has 1 aromatic heterocycles. The van der Waals surface area contributed by atoms with E-state index in [0.29, 0.717) is 11.6 Å². The standard InChI is InChI=1S/C14H7F2N3O3/c15-9-3-6-11(12(16)7-9)14-18-17-13(22-14)8-1-4-10(5-2-8)19(20)21/h1-7H. The Labute approximate surface area is 122 Å². The summed E-state index contributed by atoms with van der Waals surface area (Å²) in [6.07, 6.45) is 0. The molecule has 0 atom stereocenters. The van der Waals surface area contributed by atoms with E-state index in [1.54, 1.807) is 0 Å². The van der Waals surface area contributed by atoms with Crippen LogP contribution in [-0.2, 0) is 0 Å². The minimum atomic E-state index is -0.820. The fraction of sp³-hybridized carbons (Fsp3) is 0. The fourth-order valence-electron chi connectivity index (χ4n) is 1.84. The predicted octanol–water partition coefficient (Wildman–Crippen LogP) is 3.59. The van der Waals surface area contributed by atoms with E-state index >= 15 is 0 Å². The Morgan fingerprint density at radius 1 is 1.00 bits per heavy atom. The highest BCUT2D eigenvalue weighted by atomic mass is 19.1. The van der Waals surface area contributed by atoms with E-state index in [2.05, 4.69) is 10.2 Å². The zero-order valence-electron chi connectivity index (χ0n) is 10.9. The van der Waals surface area contributed by atoms with Crippen LogP contribution in [-0.4, -0.2) is 15.1 Å². The van der Waals surface area contributed by atoms with E-state index < -0.39 is 16.6 Å². The van der Waals surface area contributed by atoms with Gasteiger partial charge in [0.1, 0.15) is 11.6 Å². The summed E-state index contributed by atoms with van der Waals surface area (Å²) in [6, 6.07) is 8.44. The quantitative estimate of drug-likeness (QED) is 0.545. The van der Waals surface area contributed by atoms with Crippen LogP contribution >= 0.6 is 0 Å². The fourth-order valence-corrected chi connectivity index (χ4v) is 1.84. The van der Waals surface area contributed by atoms with Crippen molar-refractivity contribution in [2.24, 2.45) is 0 Å². The maximum atomic E-state index is 13.6. The normalized spacial score (nSPS) is 10.6. The minimum absolute atomic E-state index is 0.0259. The van der Waals surface area contributed by atoms with Gasteiger partial charge in [0.05, 0.1) is 10.5 Å². The molecule has 3 rings (SSSR count). The number of hydrogen-bond acceptors (Lipinski definition) is 5. The molecule has 6 nitrogen and oxygen atoms in total. The third-order valence-corrected chi connectivity index (χ3v) is 2.91. The first-order valence-corrected chi connectivity index (χ1v) is 6.08. The van der Waals surface area contributed by atoms with Gasteiger partial charge < -0.3 is 4.42 Å². The zero-order chi connectivity index (χ0) is 15.7. The van der Waals surface area contributed by atoms with Gasteiger partial charge in [-0.1, -0.05) is 0 Å². The van der Waals surface area contributed by atoms with Crippen molar-refractivity contribution in [2.75, 3.05) is 0 Å². The number of halogens is 2. The van der Waals surface area contributed by atoms with Crippen molar-refractivity contribution in [3.63, 3.8) is 0 Å². The Kier molecular flexibility index (Phi) is 3.34. The highest BCUT2D eigenvalue weighted by molar-refractivity contribution is 5.59. The van der Waals surface area contributed by atoms with Crippen molar-refractivity contribution in [2.45, 2.75) is 0 Å². The van der Waals surface area contributed by atoms with Gasteiger partial charge in [0.15, 0.2) is 0 Å². The summed E-state index contributed by atoms with van der Waals surface area (Å²) in [6.45, 7) is 0. The van der Waals surface area contributed by atoms with Crippen LogP contribution in [0.3, 0.4) is 0 Å². The lowest BCUT2D eigenvalue weighted by molar-refractivity contribution is -0.384. The van der Waals surface area contributed by atoms with Gasteiger partial charge in [-0.3, -0.25) is 10.1 Å². The Morgan fingerprint density at radius 2 is 1.68 bits per heavy atom. The van der Waals surface area contributed by atoms with Gasteiger partial charge in [-0.05, 0) is 24.3 Å². The van der Waals surface area contributed by atoms with Crippen molar-refractivity contribution in [1.82, 2.24) is 10.2 Å². The lowest BCUT2D eigenvalue weighted by Crippen LogP contribution is -1.87. The Balaban J connectivity index is 1.95. The van der Waals surface area contributed by atoms with Crippen LogP contribution in [0, 0.1) is 21.7 Å². The van der Waals surface area contributed by atoms with Gasteiger partial charge in [0.25, 0.3) is 11.6 Å². The molecule has 0 aliphatic carbocycles. The lowest BCUT2D eigenvalue weighted by Gasteiger charge is -1.97. The molecule has 0 amide bonds. The number of benzene rings is 2. The largest absolute Gasteiger partial charge is 0.416 e. The molecule has 22 heavy (non-hydrogen) atoms. The van der Waals surface area contributed by atoms with E-state index in [1.165, 1.54) is 30.3 Å². The molecule has 0 saturated carbocycles. The Hall–Kier alpha value is -3.16. The minimum Gasteiger partial charge on any atom is -0.416 e. The number of non-ortho nitro benzene ring substituents is 1. The smallest absolute Gasteiger partial charge is 0.269 e. The van der Waals surface area contributed by atoms with Crippen LogP contribution in [0.25, 0.3) is 22.9 Å². The molecule has 2 aromatic carbocycles. The molecular formula is C14H7F2N3O3. The summed E-state index contributed by atoms with van der Waals surface area (Å²) >= 11 is 0. The van der Waals surface area contributed by atoms with Gasteiger partial charge in [-0.15, -0.1) is 10.2 Å². The predicted molar refractivity (Wildman–Crippen MR) is 71.7 cm³/mol. The molecule has 0 bridgehead atoms. The van der Waals surface area contributed by atoms with E-state index in [0.717, 1.165) is 6.07 Å². The van der Waals surface area contributed by atoms with E-state index in [4.69, 9.17) is 4.42 Å². The van der Waals surface area contributed by atoms with Crippen LogP contribution in [0.4, 0.5) is 14.5 Å². The molecule has 0 aliphatic heterocycles. The number of nitrogens with zero attached hydrogens (tertiary/aromatic N) is 3. The first-order chi connectivity index (χ1) is 10.5. The molecule has 110 valence electrons. The number of hydrogen-bond donors (Lipinski definition) is 0. The van der Waals surface area contributed by atoms with E-state index in [1.807, 2.05) is 0 Å². The van der Waals surface area contributed by atoms with E-state index in [-0.39, 0.29) is 23.0 Å². The van der Waals surface area contributed by atoms with Gasteiger partial charge in [-0.25, -0.2) is 8.78 Å². The van der Waals surface area contributed by atoms with E-state index in [9.17, 15) is 18.9 Å². The SMILES string of the molecule is O=[N+]([O-])c1ccc(-c2nnc(-c3ccc(F)cc3F)o2)cc1. The summed E-state index contributed by atoms with van der Waals surface area (Å²) in [5, 5.41) is 18.0. The molecule has 1 heterocycles. The number of rotatable bonds is 3. The highest BCUT2D eigenvalue weighted by Gasteiger charge is 2.15. The van der Waals surface area contributed by atoms with Crippen molar-refractivity contribution in [1.29, 1.82) is 0 Å². The third kappa shape index (κ3) is 2.53. The van der Waals surface area contributed by atoms with Crippen LogP contribution in [0.15, 0.2) is 46.9 Å². The monoisotopic (exact) mass is 303 g/mol. The topological polar surface area (TPSA) is 82.1 Å². The van der Waals surface area contributed by atoms with Crippen molar-refractivity contribution in [3.8, 4) is 22.9 Å². The average molecular weight is 303 g/mol.